The fourth-order valence-electron chi connectivity index (χ4n) is 2.51. The van der Waals surface area contributed by atoms with Gasteiger partial charge < -0.3 is 14.0 Å². The van der Waals surface area contributed by atoms with Gasteiger partial charge in [-0.3, -0.25) is 4.79 Å². The Morgan fingerprint density at radius 1 is 0.889 bits per heavy atom. The molecule has 138 valence electrons. The van der Waals surface area contributed by atoms with Gasteiger partial charge in [0.2, 0.25) is 0 Å². The minimum atomic E-state index is -2.22. The molecule has 0 aliphatic heterocycles. The Labute approximate surface area is 159 Å². The fraction of sp³-hybridized carbons (Fsp3) is 0.0952. The Hall–Kier alpha value is -2.96. The molecule has 3 aromatic rings. The number of ketones is 1. The molecule has 3 rings (SSSR count). The number of hydrogen-bond acceptors (Lipinski definition) is 4. The first-order chi connectivity index (χ1) is 13.0. The first-order valence-electron chi connectivity index (χ1n) is 8.16. The molecule has 0 aliphatic rings. The first-order valence-corrected chi connectivity index (χ1v) is 9.27. The van der Waals surface area contributed by atoms with Crippen LogP contribution in [0.25, 0.3) is 0 Å². The number of rotatable bonds is 6. The van der Waals surface area contributed by atoms with Crippen LogP contribution in [0, 0.1) is 6.92 Å². The summed E-state index contributed by atoms with van der Waals surface area (Å²) in [5.41, 5.74) is 2.24. The van der Waals surface area contributed by atoms with Crippen molar-refractivity contribution in [3.05, 3.63) is 83.4 Å². The van der Waals surface area contributed by atoms with Gasteiger partial charge in [-0.1, -0.05) is 29.8 Å². The van der Waals surface area contributed by atoms with Crippen LogP contribution in [0.15, 0.2) is 71.6 Å². The average Bonchev–Trinajstić information content (AvgIpc) is 2.69. The highest BCUT2D eigenvalue weighted by Crippen LogP contribution is 2.31. The van der Waals surface area contributed by atoms with Crippen molar-refractivity contribution in [2.24, 2.45) is 0 Å². The highest BCUT2D eigenvalue weighted by atomic mass is 32.2. The zero-order chi connectivity index (χ0) is 19.4. The summed E-state index contributed by atoms with van der Waals surface area (Å²) in [5.74, 6) is 1.07. The highest BCUT2D eigenvalue weighted by Gasteiger charge is 2.13. The van der Waals surface area contributed by atoms with Crippen LogP contribution in [-0.2, 0) is 11.1 Å². The topological polar surface area (TPSA) is 72.8 Å². The van der Waals surface area contributed by atoms with E-state index in [0.717, 1.165) is 5.56 Å². The molecular formula is C21H18O5S. The van der Waals surface area contributed by atoms with Crippen LogP contribution in [0.1, 0.15) is 21.5 Å². The van der Waals surface area contributed by atoms with E-state index in [0.29, 0.717) is 22.6 Å². The lowest BCUT2D eigenvalue weighted by Crippen LogP contribution is -2.01. The number of carbonyl (C=O) groups excluding carboxylic acids is 1. The minimum Gasteiger partial charge on any atom is -0.497 e. The summed E-state index contributed by atoms with van der Waals surface area (Å²) < 4.78 is 31.8. The van der Waals surface area contributed by atoms with Gasteiger partial charge in [-0.2, -0.15) is 0 Å². The molecule has 0 saturated heterocycles. The Bertz CT molecular complexity index is 978. The summed E-state index contributed by atoms with van der Waals surface area (Å²) in [5, 5.41) is 0. The number of carbonyl (C=O) groups is 1. The molecule has 1 N–H and O–H groups in total. The van der Waals surface area contributed by atoms with Crippen LogP contribution in [0.3, 0.4) is 0 Å². The molecule has 0 heterocycles. The van der Waals surface area contributed by atoms with Gasteiger partial charge in [0, 0.05) is 17.2 Å². The van der Waals surface area contributed by atoms with Gasteiger partial charge in [0.15, 0.2) is 16.9 Å². The Morgan fingerprint density at radius 2 is 1.44 bits per heavy atom. The normalized spacial score (nSPS) is 11.7. The highest BCUT2D eigenvalue weighted by molar-refractivity contribution is 7.79. The third kappa shape index (κ3) is 4.42. The second kappa shape index (κ2) is 8.16. The molecule has 6 heteroatoms. The van der Waals surface area contributed by atoms with Gasteiger partial charge in [-0.25, -0.2) is 4.21 Å². The van der Waals surface area contributed by atoms with Crippen LogP contribution in [-0.4, -0.2) is 21.7 Å². The Morgan fingerprint density at radius 3 is 2.00 bits per heavy atom. The number of methoxy groups -OCH3 is 1. The largest absolute Gasteiger partial charge is 0.497 e. The van der Waals surface area contributed by atoms with E-state index in [9.17, 15) is 13.6 Å². The third-order valence-electron chi connectivity index (χ3n) is 4.00. The van der Waals surface area contributed by atoms with E-state index in [-0.39, 0.29) is 16.4 Å². The lowest BCUT2D eigenvalue weighted by Gasteiger charge is -2.11. The molecule has 1 atom stereocenters. The first kappa shape index (κ1) is 18.8. The van der Waals surface area contributed by atoms with Crippen LogP contribution < -0.4 is 9.47 Å². The molecule has 0 aromatic heterocycles. The van der Waals surface area contributed by atoms with Gasteiger partial charge in [-0.15, -0.1) is 0 Å². The molecule has 0 aliphatic carbocycles. The van der Waals surface area contributed by atoms with Crippen molar-refractivity contribution in [2.75, 3.05) is 7.11 Å². The second-order valence-corrected chi connectivity index (χ2v) is 6.82. The van der Waals surface area contributed by atoms with E-state index in [2.05, 4.69) is 0 Å². The maximum absolute atomic E-state index is 12.5. The van der Waals surface area contributed by atoms with Gasteiger partial charge in [0.05, 0.1) is 7.11 Å². The smallest absolute Gasteiger partial charge is 0.193 e. The van der Waals surface area contributed by atoms with Crippen molar-refractivity contribution < 1.29 is 23.0 Å². The maximum Gasteiger partial charge on any atom is 0.193 e. The zero-order valence-electron chi connectivity index (χ0n) is 14.8. The molecule has 0 spiro atoms. The van der Waals surface area contributed by atoms with E-state index in [1.54, 1.807) is 48.5 Å². The lowest BCUT2D eigenvalue weighted by molar-refractivity contribution is 0.103. The predicted molar refractivity (Wildman–Crippen MR) is 103 cm³/mol. The lowest BCUT2D eigenvalue weighted by atomic mass is 10.0. The molecule has 3 aromatic carbocycles. The second-order valence-electron chi connectivity index (χ2n) is 5.88. The Balaban J connectivity index is 1.81. The number of ether oxygens (including phenoxy) is 2. The molecular weight excluding hydrogens is 364 g/mol. The van der Waals surface area contributed by atoms with E-state index in [4.69, 9.17) is 9.47 Å². The van der Waals surface area contributed by atoms with Crippen LogP contribution >= 0.6 is 0 Å². The summed E-state index contributed by atoms with van der Waals surface area (Å²) in [6, 6.07) is 18.6. The van der Waals surface area contributed by atoms with Gasteiger partial charge >= 0.3 is 0 Å². The molecule has 1 unspecified atom stereocenters. The van der Waals surface area contributed by atoms with E-state index in [1.807, 2.05) is 19.1 Å². The zero-order valence-corrected chi connectivity index (χ0v) is 15.7. The summed E-state index contributed by atoms with van der Waals surface area (Å²) in [6.07, 6.45) is 0. The van der Waals surface area contributed by atoms with Crippen molar-refractivity contribution in [2.45, 2.75) is 11.8 Å². The van der Waals surface area contributed by atoms with Crippen LogP contribution in [0.4, 0.5) is 0 Å². The average molecular weight is 382 g/mol. The van der Waals surface area contributed by atoms with Gasteiger partial charge in [0.25, 0.3) is 0 Å². The molecule has 5 nitrogen and oxygen atoms in total. The number of benzene rings is 3. The fourth-order valence-corrected chi connectivity index (χ4v) is 3.01. The van der Waals surface area contributed by atoms with E-state index in [1.165, 1.54) is 13.2 Å². The molecule has 0 saturated carbocycles. The molecule has 0 radical (unpaired) electrons. The van der Waals surface area contributed by atoms with Crippen LogP contribution in [0.2, 0.25) is 0 Å². The molecule has 0 bridgehead atoms. The van der Waals surface area contributed by atoms with Crippen molar-refractivity contribution in [1.29, 1.82) is 0 Å². The van der Waals surface area contributed by atoms with Gasteiger partial charge in [-0.05, 0) is 43.3 Å². The standard InChI is InChI=1S/C21H18O5S/c1-14-3-5-15(6-4-14)21(22)16-7-9-17(10-8-16)26-19-12-11-18(25-2)13-20(19)27(23)24/h3-13H,1-2H3,(H,23,24). The van der Waals surface area contributed by atoms with E-state index >= 15 is 0 Å². The monoisotopic (exact) mass is 382 g/mol. The van der Waals surface area contributed by atoms with Gasteiger partial charge in [0.1, 0.15) is 22.1 Å². The summed E-state index contributed by atoms with van der Waals surface area (Å²) in [7, 11) is 1.48. The van der Waals surface area contributed by atoms with Crippen molar-refractivity contribution >= 4 is 16.9 Å². The summed E-state index contributed by atoms with van der Waals surface area (Å²) in [4.78, 5) is 12.6. The Kier molecular flexibility index (Phi) is 5.69. The SMILES string of the molecule is COc1ccc(Oc2ccc(C(=O)c3ccc(C)cc3)cc2)c(S(=O)O)c1. The predicted octanol–water partition coefficient (Wildman–Crippen LogP) is 4.61. The number of aryl methyl sites for hydroxylation is 1. The quantitative estimate of drug-likeness (QED) is 0.498. The minimum absolute atomic E-state index is 0.0804. The summed E-state index contributed by atoms with van der Waals surface area (Å²) >= 11 is -2.22. The van der Waals surface area contributed by atoms with Crippen LogP contribution in [0.5, 0.6) is 17.2 Å². The maximum atomic E-state index is 12.5. The van der Waals surface area contributed by atoms with Crippen molar-refractivity contribution in [1.82, 2.24) is 0 Å². The number of hydrogen-bond donors (Lipinski definition) is 1. The molecule has 27 heavy (non-hydrogen) atoms. The third-order valence-corrected chi connectivity index (χ3v) is 4.69. The van der Waals surface area contributed by atoms with Crippen molar-refractivity contribution in [3.8, 4) is 17.2 Å². The molecule has 0 amide bonds. The molecule has 0 fully saturated rings. The van der Waals surface area contributed by atoms with E-state index < -0.39 is 11.1 Å². The summed E-state index contributed by atoms with van der Waals surface area (Å²) in [6.45, 7) is 1.97. The van der Waals surface area contributed by atoms with Crippen molar-refractivity contribution in [3.63, 3.8) is 0 Å².